The highest BCUT2D eigenvalue weighted by Gasteiger charge is 2.22. The second-order valence-corrected chi connectivity index (χ2v) is 8.01. The number of nitrogens with two attached hydrogens (primary N) is 1. The van der Waals surface area contributed by atoms with Crippen molar-refractivity contribution in [1.29, 1.82) is 0 Å². The zero-order valence-electron chi connectivity index (χ0n) is 11.2. The summed E-state index contributed by atoms with van der Waals surface area (Å²) in [5.41, 5.74) is 1.51. The highest BCUT2D eigenvalue weighted by Crippen LogP contribution is 2.28. The Balaban J connectivity index is 2.22. The lowest BCUT2D eigenvalue weighted by atomic mass is 10.1. The van der Waals surface area contributed by atoms with Crippen molar-refractivity contribution in [1.82, 2.24) is 0 Å². The maximum atomic E-state index is 11.5. The van der Waals surface area contributed by atoms with Gasteiger partial charge in [-0.25, -0.2) is 13.6 Å². The lowest BCUT2D eigenvalue weighted by molar-refractivity contribution is 0.597. The van der Waals surface area contributed by atoms with E-state index >= 15 is 0 Å². The number of sulfonamides is 1. The predicted molar refractivity (Wildman–Crippen MR) is 81.1 cm³/mol. The zero-order valence-corrected chi connectivity index (χ0v) is 12.9. The van der Waals surface area contributed by atoms with Crippen molar-refractivity contribution in [2.24, 2.45) is 5.14 Å². The molecule has 1 aliphatic heterocycles. The number of rotatable bonds is 3. The van der Waals surface area contributed by atoms with Gasteiger partial charge in [-0.2, -0.15) is 11.8 Å². The van der Waals surface area contributed by atoms with Gasteiger partial charge in [-0.3, -0.25) is 0 Å². The van der Waals surface area contributed by atoms with Crippen LogP contribution in [0.3, 0.4) is 0 Å². The number of benzene rings is 1. The second-order valence-electron chi connectivity index (χ2n) is 4.99. The molecule has 1 saturated heterocycles. The average Bonchev–Trinajstić information content (AvgIpc) is 2.33. The summed E-state index contributed by atoms with van der Waals surface area (Å²) in [6.45, 7) is 3.96. The van der Waals surface area contributed by atoms with Crippen LogP contribution in [0.2, 0.25) is 0 Å². The fourth-order valence-corrected chi connectivity index (χ4v) is 4.27. The Labute approximate surface area is 119 Å². The number of thioether (sulfide) groups is 1. The first kappa shape index (κ1) is 14.7. The minimum Gasteiger partial charge on any atom is -0.381 e. The molecule has 0 aromatic heterocycles. The van der Waals surface area contributed by atoms with E-state index in [1.165, 1.54) is 12.2 Å². The van der Waals surface area contributed by atoms with Gasteiger partial charge in [0, 0.05) is 17.0 Å². The van der Waals surface area contributed by atoms with Crippen LogP contribution >= 0.6 is 11.8 Å². The normalized spacial score (nSPS) is 24.2. The standard InChI is InChI=1S/C13H20N2O2S2/c1-9-5-6-11(8-13(9)19(14,16)17)15-12-4-3-7-18-10(12)2/h5-6,8,10,12,15H,3-4,7H2,1-2H3,(H2,14,16,17). The van der Waals surface area contributed by atoms with Gasteiger partial charge in [0.05, 0.1) is 4.90 Å². The SMILES string of the molecule is Cc1ccc(NC2CCCSC2C)cc1S(N)(=O)=O. The maximum Gasteiger partial charge on any atom is 0.238 e. The summed E-state index contributed by atoms with van der Waals surface area (Å²) in [4.78, 5) is 0.202. The largest absolute Gasteiger partial charge is 0.381 e. The van der Waals surface area contributed by atoms with Gasteiger partial charge in [0.25, 0.3) is 0 Å². The first-order chi connectivity index (χ1) is 8.88. The molecular weight excluding hydrogens is 280 g/mol. The highest BCUT2D eigenvalue weighted by molar-refractivity contribution is 8.00. The van der Waals surface area contributed by atoms with E-state index in [4.69, 9.17) is 5.14 Å². The molecule has 106 valence electrons. The topological polar surface area (TPSA) is 72.2 Å². The van der Waals surface area contributed by atoms with E-state index in [2.05, 4.69) is 12.2 Å². The number of anilines is 1. The van der Waals surface area contributed by atoms with Gasteiger partial charge in [0.15, 0.2) is 0 Å². The van der Waals surface area contributed by atoms with Crippen LogP contribution in [-0.2, 0) is 10.0 Å². The van der Waals surface area contributed by atoms with Crippen molar-refractivity contribution in [3.63, 3.8) is 0 Å². The van der Waals surface area contributed by atoms with E-state index in [1.807, 2.05) is 17.8 Å². The van der Waals surface area contributed by atoms with E-state index in [-0.39, 0.29) is 4.90 Å². The molecule has 4 nitrogen and oxygen atoms in total. The van der Waals surface area contributed by atoms with Crippen LogP contribution in [0.1, 0.15) is 25.3 Å². The number of hydrogen-bond acceptors (Lipinski definition) is 4. The molecule has 0 spiro atoms. The number of nitrogens with one attached hydrogen (secondary N) is 1. The smallest absolute Gasteiger partial charge is 0.238 e. The molecule has 1 aromatic carbocycles. The van der Waals surface area contributed by atoms with Crippen LogP contribution in [0.5, 0.6) is 0 Å². The van der Waals surface area contributed by atoms with E-state index < -0.39 is 10.0 Å². The quantitative estimate of drug-likeness (QED) is 0.898. The molecule has 1 heterocycles. The molecule has 0 saturated carbocycles. The van der Waals surface area contributed by atoms with Crippen molar-refractivity contribution in [3.05, 3.63) is 23.8 Å². The van der Waals surface area contributed by atoms with E-state index in [9.17, 15) is 8.42 Å². The zero-order chi connectivity index (χ0) is 14.0. The molecule has 6 heteroatoms. The van der Waals surface area contributed by atoms with Crippen LogP contribution in [0.4, 0.5) is 5.69 Å². The number of aryl methyl sites for hydroxylation is 1. The van der Waals surface area contributed by atoms with E-state index in [0.717, 1.165) is 12.1 Å². The molecule has 1 aliphatic rings. The molecular formula is C13H20N2O2S2. The highest BCUT2D eigenvalue weighted by atomic mass is 32.2. The minimum atomic E-state index is -3.66. The van der Waals surface area contributed by atoms with Crippen LogP contribution in [-0.4, -0.2) is 25.5 Å². The van der Waals surface area contributed by atoms with Crippen LogP contribution < -0.4 is 10.5 Å². The molecule has 1 fully saturated rings. The van der Waals surface area contributed by atoms with Crippen LogP contribution in [0, 0.1) is 6.92 Å². The molecule has 2 rings (SSSR count). The third-order valence-electron chi connectivity index (χ3n) is 3.45. The van der Waals surface area contributed by atoms with Crippen molar-refractivity contribution in [2.45, 2.75) is 42.9 Å². The molecule has 0 bridgehead atoms. The number of hydrogen-bond donors (Lipinski definition) is 2. The fourth-order valence-electron chi connectivity index (χ4n) is 2.32. The minimum absolute atomic E-state index is 0.202. The summed E-state index contributed by atoms with van der Waals surface area (Å²) < 4.78 is 23.0. The first-order valence-corrected chi connectivity index (χ1v) is 8.99. The molecule has 2 atom stereocenters. The second kappa shape index (κ2) is 5.73. The summed E-state index contributed by atoms with van der Waals surface area (Å²) in [7, 11) is -3.66. The molecule has 3 N–H and O–H groups in total. The molecule has 2 unspecified atom stereocenters. The van der Waals surface area contributed by atoms with E-state index in [1.54, 1.807) is 19.1 Å². The van der Waals surface area contributed by atoms with Crippen molar-refractivity contribution >= 4 is 27.5 Å². The van der Waals surface area contributed by atoms with Crippen LogP contribution in [0.15, 0.2) is 23.1 Å². The Kier molecular flexibility index (Phi) is 4.43. The molecule has 0 amide bonds. The molecule has 1 aromatic rings. The van der Waals surface area contributed by atoms with Crippen molar-refractivity contribution in [3.8, 4) is 0 Å². The van der Waals surface area contributed by atoms with Gasteiger partial charge in [-0.15, -0.1) is 0 Å². The van der Waals surface area contributed by atoms with Crippen molar-refractivity contribution in [2.75, 3.05) is 11.1 Å². The Morgan fingerprint density at radius 2 is 2.16 bits per heavy atom. The Morgan fingerprint density at radius 3 is 2.79 bits per heavy atom. The Morgan fingerprint density at radius 1 is 1.42 bits per heavy atom. The third-order valence-corrected chi connectivity index (χ3v) is 5.89. The molecule has 0 radical (unpaired) electrons. The summed E-state index contributed by atoms with van der Waals surface area (Å²) in [6.07, 6.45) is 2.31. The maximum absolute atomic E-state index is 11.5. The first-order valence-electron chi connectivity index (χ1n) is 6.39. The summed E-state index contributed by atoms with van der Waals surface area (Å²) in [5.74, 6) is 1.20. The Hall–Kier alpha value is -0.720. The third kappa shape index (κ3) is 3.64. The van der Waals surface area contributed by atoms with E-state index in [0.29, 0.717) is 16.9 Å². The van der Waals surface area contributed by atoms with Gasteiger partial charge >= 0.3 is 0 Å². The summed E-state index contributed by atoms with van der Waals surface area (Å²) >= 11 is 1.95. The predicted octanol–water partition coefficient (Wildman–Crippen LogP) is 2.34. The summed E-state index contributed by atoms with van der Waals surface area (Å²) in [6, 6.07) is 5.73. The lowest BCUT2D eigenvalue weighted by Gasteiger charge is -2.30. The monoisotopic (exact) mass is 300 g/mol. The number of primary sulfonamides is 1. The lowest BCUT2D eigenvalue weighted by Crippen LogP contribution is -2.32. The summed E-state index contributed by atoms with van der Waals surface area (Å²) in [5, 5.41) is 9.19. The molecule has 0 aliphatic carbocycles. The van der Waals surface area contributed by atoms with Gasteiger partial charge in [-0.1, -0.05) is 13.0 Å². The van der Waals surface area contributed by atoms with Crippen LogP contribution in [0.25, 0.3) is 0 Å². The van der Waals surface area contributed by atoms with Gasteiger partial charge in [-0.05, 0) is 43.2 Å². The van der Waals surface area contributed by atoms with Gasteiger partial charge < -0.3 is 5.32 Å². The fraction of sp³-hybridized carbons (Fsp3) is 0.538. The van der Waals surface area contributed by atoms with Crippen molar-refractivity contribution < 1.29 is 8.42 Å². The average molecular weight is 300 g/mol. The van der Waals surface area contributed by atoms with Gasteiger partial charge in [0.2, 0.25) is 10.0 Å². The molecule has 19 heavy (non-hydrogen) atoms. The Bertz CT molecular complexity index is 558. The van der Waals surface area contributed by atoms with Gasteiger partial charge in [0.1, 0.15) is 0 Å².